The van der Waals surface area contributed by atoms with E-state index in [1.165, 1.54) is 0 Å². The standard InChI is InChI=1S/C12H8BrN3O/c13-9-3-1-8(2-4-9)10-7-16-11(5-6-14-16)12(17)15-10/h1-7H,(H,15,17). The Kier molecular flexibility index (Phi) is 2.33. The number of benzene rings is 1. The predicted molar refractivity (Wildman–Crippen MR) is 68.9 cm³/mol. The van der Waals surface area contributed by atoms with Gasteiger partial charge in [0.1, 0.15) is 5.52 Å². The van der Waals surface area contributed by atoms with Gasteiger partial charge in [0.15, 0.2) is 0 Å². The van der Waals surface area contributed by atoms with Gasteiger partial charge in [0, 0.05) is 4.47 Å². The van der Waals surface area contributed by atoms with Crippen molar-refractivity contribution in [3.63, 3.8) is 0 Å². The van der Waals surface area contributed by atoms with Crippen LogP contribution in [0.25, 0.3) is 16.8 Å². The Morgan fingerprint density at radius 1 is 1.18 bits per heavy atom. The van der Waals surface area contributed by atoms with Crippen molar-refractivity contribution in [3.05, 3.63) is 57.6 Å². The number of hydrogen-bond donors (Lipinski definition) is 1. The van der Waals surface area contributed by atoms with Crippen LogP contribution in [0, 0.1) is 0 Å². The van der Waals surface area contributed by atoms with Gasteiger partial charge in [-0.2, -0.15) is 5.10 Å². The molecule has 0 fully saturated rings. The molecule has 0 aliphatic heterocycles. The van der Waals surface area contributed by atoms with Gasteiger partial charge in [-0.05, 0) is 23.8 Å². The molecule has 0 saturated heterocycles. The molecule has 5 heteroatoms. The summed E-state index contributed by atoms with van der Waals surface area (Å²) < 4.78 is 2.58. The summed E-state index contributed by atoms with van der Waals surface area (Å²) in [6, 6.07) is 9.42. The van der Waals surface area contributed by atoms with E-state index < -0.39 is 0 Å². The molecule has 0 spiro atoms. The minimum Gasteiger partial charge on any atom is -0.319 e. The summed E-state index contributed by atoms with van der Waals surface area (Å²) in [6.07, 6.45) is 3.41. The molecular formula is C12H8BrN3O. The largest absolute Gasteiger partial charge is 0.319 e. The van der Waals surface area contributed by atoms with Gasteiger partial charge in [0.25, 0.3) is 5.56 Å². The van der Waals surface area contributed by atoms with Crippen molar-refractivity contribution in [2.45, 2.75) is 0 Å². The highest BCUT2D eigenvalue weighted by Crippen LogP contribution is 2.18. The summed E-state index contributed by atoms with van der Waals surface area (Å²) in [4.78, 5) is 14.6. The molecule has 0 radical (unpaired) electrons. The van der Waals surface area contributed by atoms with Crippen LogP contribution in [0.15, 0.2) is 52.0 Å². The summed E-state index contributed by atoms with van der Waals surface area (Å²) in [5.74, 6) is 0. The van der Waals surface area contributed by atoms with Crippen molar-refractivity contribution >= 4 is 21.4 Å². The van der Waals surface area contributed by atoms with Crippen LogP contribution in [0.5, 0.6) is 0 Å². The molecule has 3 aromatic rings. The van der Waals surface area contributed by atoms with E-state index in [1.54, 1.807) is 23.0 Å². The van der Waals surface area contributed by atoms with Crippen LogP contribution >= 0.6 is 15.9 Å². The zero-order chi connectivity index (χ0) is 11.8. The first kappa shape index (κ1) is 10.3. The fraction of sp³-hybridized carbons (Fsp3) is 0. The van der Waals surface area contributed by atoms with Crippen molar-refractivity contribution in [1.29, 1.82) is 0 Å². The molecule has 0 unspecified atom stereocenters. The number of fused-ring (bicyclic) bond motifs is 1. The molecule has 2 aromatic heterocycles. The second-order valence-electron chi connectivity index (χ2n) is 3.66. The third-order valence-electron chi connectivity index (χ3n) is 2.56. The highest BCUT2D eigenvalue weighted by molar-refractivity contribution is 9.10. The van der Waals surface area contributed by atoms with Crippen molar-refractivity contribution in [3.8, 4) is 11.3 Å². The van der Waals surface area contributed by atoms with E-state index in [1.807, 2.05) is 24.3 Å². The Labute approximate surface area is 105 Å². The number of nitrogens with zero attached hydrogens (tertiary/aromatic N) is 2. The van der Waals surface area contributed by atoms with E-state index in [4.69, 9.17) is 0 Å². The van der Waals surface area contributed by atoms with Gasteiger partial charge in [-0.15, -0.1) is 0 Å². The van der Waals surface area contributed by atoms with Crippen LogP contribution in [0.1, 0.15) is 0 Å². The maximum Gasteiger partial charge on any atom is 0.274 e. The average Bonchev–Trinajstić information content (AvgIpc) is 2.78. The highest BCUT2D eigenvalue weighted by atomic mass is 79.9. The Bertz CT molecular complexity index is 727. The van der Waals surface area contributed by atoms with Gasteiger partial charge in [0.2, 0.25) is 0 Å². The Hall–Kier alpha value is -1.88. The first-order valence-corrected chi connectivity index (χ1v) is 5.86. The van der Waals surface area contributed by atoms with E-state index in [0.717, 1.165) is 15.7 Å². The normalized spacial score (nSPS) is 10.9. The van der Waals surface area contributed by atoms with Gasteiger partial charge in [-0.1, -0.05) is 28.1 Å². The summed E-state index contributed by atoms with van der Waals surface area (Å²) in [5, 5.41) is 4.07. The molecular weight excluding hydrogens is 282 g/mol. The smallest absolute Gasteiger partial charge is 0.274 e. The molecule has 0 amide bonds. The summed E-state index contributed by atoms with van der Waals surface area (Å²) in [5.41, 5.74) is 2.11. The third-order valence-corrected chi connectivity index (χ3v) is 3.09. The quantitative estimate of drug-likeness (QED) is 0.748. The lowest BCUT2D eigenvalue weighted by atomic mass is 10.2. The lowest BCUT2D eigenvalue weighted by Gasteiger charge is -2.02. The van der Waals surface area contributed by atoms with Crippen LogP contribution in [-0.2, 0) is 0 Å². The highest BCUT2D eigenvalue weighted by Gasteiger charge is 2.04. The molecule has 4 nitrogen and oxygen atoms in total. The molecule has 2 heterocycles. The molecule has 1 aromatic carbocycles. The van der Waals surface area contributed by atoms with Crippen LogP contribution in [0.3, 0.4) is 0 Å². The Morgan fingerprint density at radius 3 is 2.71 bits per heavy atom. The number of aromatic amines is 1. The predicted octanol–water partition coefficient (Wildman–Crippen LogP) is 2.45. The lowest BCUT2D eigenvalue weighted by Crippen LogP contribution is -2.10. The number of rotatable bonds is 1. The minimum atomic E-state index is -0.136. The number of nitrogens with one attached hydrogen (secondary N) is 1. The number of halogens is 1. The van der Waals surface area contributed by atoms with Crippen LogP contribution in [0.2, 0.25) is 0 Å². The second kappa shape index (κ2) is 3.85. The van der Waals surface area contributed by atoms with Crippen molar-refractivity contribution in [2.75, 3.05) is 0 Å². The molecule has 0 saturated carbocycles. The average molecular weight is 290 g/mol. The summed E-state index contributed by atoms with van der Waals surface area (Å²) in [6.45, 7) is 0. The number of aromatic nitrogens is 3. The van der Waals surface area contributed by atoms with E-state index in [-0.39, 0.29) is 5.56 Å². The first-order chi connectivity index (χ1) is 8.24. The Balaban J connectivity index is 2.23. The molecule has 17 heavy (non-hydrogen) atoms. The molecule has 0 atom stereocenters. The fourth-order valence-electron chi connectivity index (χ4n) is 1.71. The topological polar surface area (TPSA) is 50.2 Å². The van der Waals surface area contributed by atoms with Crippen LogP contribution in [0.4, 0.5) is 0 Å². The van der Waals surface area contributed by atoms with E-state index >= 15 is 0 Å². The zero-order valence-electron chi connectivity index (χ0n) is 8.72. The molecule has 0 aliphatic carbocycles. The van der Waals surface area contributed by atoms with Gasteiger partial charge < -0.3 is 4.98 Å². The molecule has 1 N–H and O–H groups in total. The SMILES string of the molecule is O=c1[nH]c(-c2ccc(Br)cc2)cn2nccc12. The third kappa shape index (κ3) is 1.78. The number of hydrogen-bond acceptors (Lipinski definition) is 2. The van der Waals surface area contributed by atoms with Crippen LogP contribution < -0.4 is 5.56 Å². The zero-order valence-corrected chi connectivity index (χ0v) is 10.3. The molecule has 3 rings (SSSR count). The number of H-pyrrole nitrogens is 1. The van der Waals surface area contributed by atoms with E-state index in [9.17, 15) is 4.79 Å². The lowest BCUT2D eigenvalue weighted by molar-refractivity contribution is 0.939. The van der Waals surface area contributed by atoms with Crippen molar-refractivity contribution in [1.82, 2.24) is 14.6 Å². The van der Waals surface area contributed by atoms with Gasteiger partial charge in [0.05, 0.1) is 18.1 Å². The second-order valence-corrected chi connectivity index (χ2v) is 4.58. The summed E-state index contributed by atoms with van der Waals surface area (Å²) in [7, 11) is 0. The summed E-state index contributed by atoms with van der Waals surface area (Å²) >= 11 is 3.38. The minimum absolute atomic E-state index is 0.136. The van der Waals surface area contributed by atoms with Gasteiger partial charge in [-0.3, -0.25) is 4.79 Å². The van der Waals surface area contributed by atoms with Crippen LogP contribution in [-0.4, -0.2) is 14.6 Å². The Morgan fingerprint density at radius 2 is 1.94 bits per heavy atom. The molecule has 0 bridgehead atoms. The van der Waals surface area contributed by atoms with Gasteiger partial charge in [-0.25, -0.2) is 4.52 Å². The maximum absolute atomic E-state index is 11.8. The van der Waals surface area contributed by atoms with Crippen molar-refractivity contribution < 1.29 is 0 Å². The first-order valence-electron chi connectivity index (χ1n) is 5.07. The van der Waals surface area contributed by atoms with Crippen molar-refractivity contribution in [2.24, 2.45) is 0 Å². The maximum atomic E-state index is 11.8. The van der Waals surface area contributed by atoms with Gasteiger partial charge >= 0.3 is 0 Å². The molecule has 84 valence electrons. The fourth-order valence-corrected chi connectivity index (χ4v) is 1.98. The monoisotopic (exact) mass is 289 g/mol. The van der Waals surface area contributed by atoms with E-state index in [0.29, 0.717) is 5.52 Å². The molecule has 0 aliphatic rings. The van der Waals surface area contributed by atoms with E-state index in [2.05, 4.69) is 26.0 Å².